The predicted molar refractivity (Wildman–Crippen MR) is 306 cm³/mol. The van der Waals surface area contributed by atoms with Crippen molar-refractivity contribution >= 4 is 11.9 Å². The minimum absolute atomic E-state index is 0.0103. The number of rotatable bonds is 59. The van der Waals surface area contributed by atoms with Crippen molar-refractivity contribution in [3.63, 3.8) is 0 Å². The predicted octanol–water partition coefficient (Wildman–Crippen LogP) is 19.8. The normalized spacial score (nSPS) is 12.7. The van der Waals surface area contributed by atoms with Gasteiger partial charge in [-0.2, -0.15) is 0 Å². The molecule has 0 bridgehead atoms. The van der Waals surface area contributed by atoms with Crippen LogP contribution in [0.5, 0.6) is 0 Å². The number of unbranched alkanes of at least 4 members (excludes halogenated alkanes) is 46. The molecule has 0 aromatic rings. The summed E-state index contributed by atoms with van der Waals surface area (Å²) >= 11 is 0. The fourth-order valence-corrected chi connectivity index (χ4v) is 9.87. The molecule has 2 atom stereocenters. The number of esters is 1. The Morgan fingerprint density at radius 3 is 1.04 bits per heavy atom. The number of aliphatic hydroxyl groups excluding tert-OH is 2. The molecule has 0 rings (SSSR count). The smallest absolute Gasteiger partial charge is 0.305 e. The molecule has 6 heteroatoms. The van der Waals surface area contributed by atoms with E-state index in [1.54, 1.807) is 6.08 Å². The summed E-state index contributed by atoms with van der Waals surface area (Å²) in [5.41, 5.74) is 0. The standard InChI is InChI=1S/C64H123NO5/c1-3-5-7-9-11-13-15-38-42-46-50-54-58-64(69)70-59-55-51-47-43-39-36-34-32-30-28-26-24-22-20-18-16-17-19-21-23-25-27-29-31-33-35-37-41-45-49-53-57-63(68)65-61(60-66)62(67)56-52-48-44-40-14-12-10-8-6-4-2/h11,13,52,56,61-62,66-67H,3-10,12,14-51,53-55,57-60H2,1-2H3,(H,65,68)/b13-11-,56-52+. The van der Waals surface area contributed by atoms with Crippen molar-refractivity contribution in [2.24, 2.45) is 0 Å². The maximum atomic E-state index is 12.4. The first-order chi connectivity index (χ1) is 34.5. The Bertz CT molecular complexity index is 1090. The van der Waals surface area contributed by atoms with Crippen LogP contribution in [0.1, 0.15) is 348 Å². The van der Waals surface area contributed by atoms with E-state index in [1.807, 2.05) is 6.08 Å². The molecule has 0 heterocycles. The van der Waals surface area contributed by atoms with Gasteiger partial charge < -0.3 is 20.3 Å². The molecule has 0 radical (unpaired) electrons. The Kier molecular flexibility index (Phi) is 58.5. The summed E-state index contributed by atoms with van der Waals surface area (Å²) in [4.78, 5) is 24.4. The number of allylic oxidation sites excluding steroid dienone is 3. The largest absolute Gasteiger partial charge is 0.466 e. The van der Waals surface area contributed by atoms with Crippen molar-refractivity contribution < 1.29 is 24.5 Å². The van der Waals surface area contributed by atoms with E-state index in [4.69, 9.17) is 4.74 Å². The lowest BCUT2D eigenvalue weighted by atomic mass is 10.0. The van der Waals surface area contributed by atoms with Crippen LogP contribution >= 0.6 is 0 Å². The van der Waals surface area contributed by atoms with E-state index < -0.39 is 12.1 Å². The minimum Gasteiger partial charge on any atom is -0.466 e. The molecule has 0 spiro atoms. The van der Waals surface area contributed by atoms with Gasteiger partial charge in [-0.1, -0.05) is 301 Å². The third-order valence-corrected chi connectivity index (χ3v) is 14.7. The number of hydrogen-bond donors (Lipinski definition) is 3. The zero-order valence-electron chi connectivity index (χ0n) is 47.3. The van der Waals surface area contributed by atoms with Crippen LogP contribution in [0.4, 0.5) is 0 Å². The van der Waals surface area contributed by atoms with Gasteiger partial charge in [0.05, 0.1) is 25.4 Å². The van der Waals surface area contributed by atoms with Crippen LogP contribution in [-0.2, 0) is 14.3 Å². The SMILES string of the molecule is CCCCC/C=C\CCCCCCCC(=O)OCCCCCCCCCCCCCCCCCCCCCCCCCCCCCCCCCC(=O)NC(CO)C(O)/C=C/CCCCCCCCCC. The first-order valence-electron chi connectivity index (χ1n) is 31.6. The van der Waals surface area contributed by atoms with Crippen LogP contribution in [0.25, 0.3) is 0 Å². The Labute approximate surface area is 437 Å². The van der Waals surface area contributed by atoms with Crippen molar-refractivity contribution in [1.82, 2.24) is 5.32 Å². The first-order valence-corrected chi connectivity index (χ1v) is 31.6. The van der Waals surface area contributed by atoms with E-state index >= 15 is 0 Å². The Morgan fingerprint density at radius 1 is 0.386 bits per heavy atom. The second-order valence-electron chi connectivity index (χ2n) is 21.7. The van der Waals surface area contributed by atoms with Gasteiger partial charge in [0.25, 0.3) is 0 Å². The van der Waals surface area contributed by atoms with E-state index in [0.717, 1.165) is 44.9 Å². The van der Waals surface area contributed by atoms with Gasteiger partial charge >= 0.3 is 5.97 Å². The Balaban J connectivity index is 3.31. The molecule has 414 valence electrons. The molecule has 0 aromatic heterocycles. The second-order valence-corrected chi connectivity index (χ2v) is 21.7. The molecule has 70 heavy (non-hydrogen) atoms. The monoisotopic (exact) mass is 986 g/mol. The average molecular weight is 987 g/mol. The molecule has 1 amide bonds. The van der Waals surface area contributed by atoms with Gasteiger partial charge in [0, 0.05) is 12.8 Å². The molecule has 0 aromatic carbocycles. The molecule has 6 nitrogen and oxygen atoms in total. The number of nitrogens with one attached hydrogen (secondary N) is 1. The Morgan fingerprint density at radius 2 is 0.671 bits per heavy atom. The number of carbonyl (C=O) groups excluding carboxylic acids is 2. The van der Waals surface area contributed by atoms with Crippen molar-refractivity contribution in [1.29, 1.82) is 0 Å². The molecule has 0 aliphatic carbocycles. The van der Waals surface area contributed by atoms with Crippen LogP contribution in [0, 0.1) is 0 Å². The molecule has 0 saturated heterocycles. The van der Waals surface area contributed by atoms with E-state index in [-0.39, 0.29) is 18.5 Å². The van der Waals surface area contributed by atoms with E-state index in [1.165, 1.54) is 276 Å². The van der Waals surface area contributed by atoms with Gasteiger partial charge in [-0.15, -0.1) is 0 Å². The molecule has 0 fully saturated rings. The van der Waals surface area contributed by atoms with Crippen LogP contribution in [0.2, 0.25) is 0 Å². The fourth-order valence-electron chi connectivity index (χ4n) is 9.87. The highest BCUT2D eigenvalue weighted by atomic mass is 16.5. The number of aliphatic hydroxyl groups is 2. The highest BCUT2D eigenvalue weighted by molar-refractivity contribution is 5.76. The summed E-state index contributed by atoms with van der Waals surface area (Å²) < 4.78 is 5.47. The summed E-state index contributed by atoms with van der Waals surface area (Å²) in [5.74, 6) is -0.0543. The summed E-state index contributed by atoms with van der Waals surface area (Å²) in [5, 5.41) is 23.0. The van der Waals surface area contributed by atoms with Crippen molar-refractivity contribution in [2.45, 2.75) is 360 Å². The van der Waals surface area contributed by atoms with Crippen LogP contribution in [0.3, 0.4) is 0 Å². The fraction of sp³-hybridized carbons (Fsp3) is 0.906. The van der Waals surface area contributed by atoms with E-state index in [2.05, 4.69) is 31.3 Å². The molecule has 0 aliphatic heterocycles. The summed E-state index contributed by atoms with van der Waals surface area (Å²) in [6.45, 7) is 4.88. The van der Waals surface area contributed by atoms with Crippen LogP contribution in [0.15, 0.2) is 24.3 Å². The topological polar surface area (TPSA) is 95.9 Å². The van der Waals surface area contributed by atoms with E-state index in [0.29, 0.717) is 19.4 Å². The highest BCUT2D eigenvalue weighted by Crippen LogP contribution is 2.18. The number of ether oxygens (including phenoxy) is 1. The quantitative estimate of drug-likeness (QED) is 0.0321. The summed E-state index contributed by atoms with van der Waals surface area (Å²) in [6, 6.07) is -0.622. The van der Waals surface area contributed by atoms with Crippen LogP contribution < -0.4 is 5.32 Å². The third-order valence-electron chi connectivity index (χ3n) is 14.7. The van der Waals surface area contributed by atoms with Crippen molar-refractivity contribution in [3.05, 3.63) is 24.3 Å². The zero-order valence-corrected chi connectivity index (χ0v) is 47.3. The third kappa shape index (κ3) is 55.7. The van der Waals surface area contributed by atoms with E-state index in [9.17, 15) is 19.8 Å². The molecule has 0 aliphatic rings. The van der Waals surface area contributed by atoms with Crippen LogP contribution in [-0.4, -0.2) is 47.4 Å². The lowest BCUT2D eigenvalue weighted by Crippen LogP contribution is -2.45. The number of carbonyl (C=O) groups is 2. The van der Waals surface area contributed by atoms with Gasteiger partial charge in [0.1, 0.15) is 0 Å². The lowest BCUT2D eigenvalue weighted by molar-refractivity contribution is -0.143. The van der Waals surface area contributed by atoms with Gasteiger partial charge in [-0.3, -0.25) is 9.59 Å². The molecule has 2 unspecified atom stereocenters. The first kappa shape index (κ1) is 68.3. The Hall–Kier alpha value is -1.66. The lowest BCUT2D eigenvalue weighted by Gasteiger charge is -2.20. The average Bonchev–Trinajstić information content (AvgIpc) is 3.36. The second kappa shape index (κ2) is 59.9. The van der Waals surface area contributed by atoms with Gasteiger partial charge in [-0.25, -0.2) is 0 Å². The van der Waals surface area contributed by atoms with Gasteiger partial charge in [-0.05, 0) is 57.8 Å². The summed E-state index contributed by atoms with van der Waals surface area (Å²) in [6.07, 6.45) is 73.9. The molecule has 3 N–H and O–H groups in total. The molecular weight excluding hydrogens is 863 g/mol. The van der Waals surface area contributed by atoms with Gasteiger partial charge in [0.2, 0.25) is 5.91 Å². The number of hydrogen-bond acceptors (Lipinski definition) is 5. The van der Waals surface area contributed by atoms with Crippen molar-refractivity contribution in [3.8, 4) is 0 Å². The maximum absolute atomic E-state index is 12.4. The summed E-state index contributed by atoms with van der Waals surface area (Å²) in [7, 11) is 0. The molecular formula is C64H123NO5. The number of amides is 1. The maximum Gasteiger partial charge on any atom is 0.305 e. The molecule has 0 saturated carbocycles. The minimum atomic E-state index is -0.839. The highest BCUT2D eigenvalue weighted by Gasteiger charge is 2.18. The van der Waals surface area contributed by atoms with Gasteiger partial charge in [0.15, 0.2) is 0 Å². The zero-order chi connectivity index (χ0) is 50.7. The van der Waals surface area contributed by atoms with Crippen molar-refractivity contribution in [2.75, 3.05) is 13.2 Å².